The van der Waals surface area contributed by atoms with Crippen LogP contribution in [0.5, 0.6) is 0 Å². The van der Waals surface area contributed by atoms with Gasteiger partial charge in [-0.2, -0.15) is 0 Å². The number of hydrogen-bond donors (Lipinski definition) is 2. The van der Waals surface area contributed by atoms with Crippen LogP contribution in [0.2, 0.25) is 0 Å². The molecule has 4 nitrogen and oxygen atoms in total. The van der Waals surface area contributed by atoms with Crippen molar-refractivity contribution in [1.82, 2.24) is 5.32 Å². The van der Waals surface area contributed by atoms with E-state index in [4.69, 9.17) is 5.11 Å². The Kier molecular flexibility index (Phi) is 4.37. The average Bonchev–Trinajstić information content (AvgIpc) is 2.28. The maximum absolute atomic E-state index is 11.8. The molecular formula is C11H13NO3S. The molecular weight excluding hydrogens is 226 g/mol. The summed E-state index contributed by atoms with van der Waals surface area (Å²) in [6.45, 7) is 1.43. The van der Waals surface area contributed by atoms with E-state index in [0.717, 1.165) is 4.90 Å². The van der Waals surface area contributed by atoms with Crippen LogP contribution in [0.25, 0.3) is 0 Å². The smallest absolute Gasteiger partial charge is 0.325 e. The van der Waals surface area contributed by atoms with Crippen LogP contribution in [0, 0.1) is 0 Å². The number of benzene rings is 1. The van der Waals surface area contributed by atoms with Gasteiger partial charge >= 0.3 is 5.97 Å². The first-order valence-corrected chi connectivity index (χ1v) is 5.95. The molecule has 1 atom stereocenters. The number of rotatable bonds is 4. The highest BCUT2D eigenvalue weighted by Gasteiger charge is 2.16. The second kappa shape index (κ2) is 5.55. The highest BCUT2D eigenvalue weighted by Crippen LogP contribution is 2.19. The molecule has 0 aromatic heterocycles. The zero-order valence-corrected chi connectivity index (χ0v) is 9.88. The molecule has 0 bridgehead atoms. The van der Waals surface area contributed by atoms with Crippen LogP contribution in [0.4, 0.5) is 0 Å². The van der Waals surface area contributed by atoms with Gasteiger partial charge < -0.3 is 10.4 Å². The predicted octanol–water partition coefficient (Wildman–Crippen LogP) is 1.61. The largest absolute Gasteiger partial charge is 0.480 e. The maximum Gasteiger partial charge on any atom is 0.325 e. The van der Waals surface area contributed by atoms with Gasteiger partial charge in [-0.1, -0.05) is 12.1 Å². The fourth-order valence-electron chi connectivity index (χ4n) is 1.17. The summed E-state index contributed by atoms with van der Waals surface area (Å²) in [6, 6.07) is 6.20. The fraction of sp³-hybridized carbons (Fsp3) is 0.273. The van der Waals surface area contributed by atoms with Crippen molar-refractivity contribution in [1.29, 1.82) is 0 Å². The average molecular weight is 239 g/mol. The highest BCUT2D eigenvalue weighted by atomic mass is 32.2. The summed E-state index contributed by atoms with van der Waals surface area (Å²) >= 11 is 1.45. The molecule has 0 unspecified atom stereocenters. The number of carbonyl (C=O) groups excluding carboxylic acids is 1. The van der Waals surface area contributed by atoms with Gasteiger partial charge in [-0.05, 0) is 25.3 Å². The maximum atomic E-state index is 11.8. The molecule has 0 aliphatic carbocycles. The van der Waals surface area contributed by atoms with E-state index < -0.39 is 12.0 Å². The Morgan fingerprint density at radius 2 is 2.00 bits per heavy atom. The summed E-state index contributed by atoms with van der Waals surface area (Å²) in [7, 11) is 0. The predicted molar refractivity (Wildman–Crippen MR) is 62.8 cm³/mol. The third-order valence-corrected chi connectivity index (χ3v) is 2.87. The Balaban J connectivity index is 2.84. The lowest BCUT2D eigenvalue weighted by molar-refractivity contribution is -0.138. The molecule has 1 aromatic carbocycles. The number of carbonyl (C=O) groups is 2. The molecule has 5 heteroatoms. The molecule has 1 aromatic rings. The number of carboxylic acid groups (broad SMARTS) is 1. The van der Waals surface area contributed by atoms with Crippen LogP contribution in [0.15, 0.2) is 29.2 Å². The van der Waals surface area contributed by atoms with E-state index >= 15 is 0 Å². The summed E-state index contributed by atoms with van der Waals surface area (Å²) in [4.78, 5) is 23.2. The van der Waals surface area contributed by atoms with Crippen molar-refractivity contribution in [2.24, 2.45) is 0 Å². The second-order valence-corrected chi connectivity index (χ2v) is 4.08. The summed E-state index contributed by atoms with van der Waals surface area (Å²) in [6.07, 6.45) is 1.87. The van der Waals surface area contributed by atoms with Gasteiger partial charge in [0.05, 0.1) is 5.56 Å². The van der Waals surface area contributed by atoms with Gasteiger partial charge in [0.25, 0.3) is 5.91 Å². The van der Waals surface area contributed by atoms with Crippen molar-refractivity contribution < 1.29 is 14.7 Å². The quantitative estimate of drug-likeness (QED) is 0.783. The standard InChI is InChI=1S/C11H13NO3S/c1-7(11(14)15)12-10(13)8-5-3-4-6-9(8)16-2/h3-7H,1-2H3,(H,12,13)(H,14,15)/t7-/m0/s1. The lowest BCUT2D eigenvalue weighted by atomic mass is 10.2. The van der Waals surface area contributed by atoms with E-state index in [-0.39, 0.29) is 5.91 Å². The number of amides is 1. The van der Waals surface area contributed by atoms with Gasteiger partial charge in [-0.3, -0.25) is 9.59 Å². The summed E-state index contributed by atoms with van der Waals surface area (Å²) < 4.78 is 0. The number of carboxylic acids is 1. The number of hydrogen-bond acceptors (Lipinski definition) is 3. The zero-order valence-electron chi connectivity index (χ0n) is 9.06. The first kappa shape index (κ1) is 12.6. The fourth-order valence-corrected chi connectivity index (χ4v) is 1.76. The van der Waals surface area contributed by atoms with Crippen LogP contribution in [-0.4, -0.2) is 29.3 Å². The Morgan fingerprint density at radius 1 is 1.38 bits per heavy atom. The molecule has 0 spiro atoms. The van der Waals surface area contributed by atoms with Gasteiger partial charge in [0.15, 0.2) is 0 Å². The van der Waals surface area contributed by atoms with Crippen LogP contribution in [0.3, 0.4) is 0 Å². The molecule has 86 valence electrons. The molecule has 1 rings (SSSR count). The minimum atomic E-state index is -1.05. The molecule has 16 heavy (non-hydrogen) atoms. The Labute approximate surface area is 98.0 Å². The Morgan fingerprint density at radius 3 is 2.56 bits per heavy atom. The first-order chi connectivity index (χ1) is 7.56. The van der Waals surface area contributed by atoms with Crippen LogP contribution in [0.1, 0.15) is 17.3 Å². The molecule has 2 N–H and O–H groups in total. The lowest BCUT2D eigenvalue weighted by Gasteiger charge is -2.11. The number of nitrogens with one attached hydrogen (secondary N) is 1. The number of aliphatic carboxylic acids is 1. The van der Waals surface area contributed by atoms with Gasteiger partial charge in [0.1, 0.15) is 6.04 Å². The van der Waals surface area contributed by atoms with E-state index in [0.29, 0.717) is 5.56 Å². The van der Waals surface area contributed by atoms with E-state index in [1.165, 1.54) is 18.7 Å². The zero-order chi connectivity index (χ0) is 12.1. The third-order valence-electron chi connectivity index (χ3n) is 2.07. The van der Waals surface area contributed by atoms with Gasteiger partial charge in [-0.15, -0.1) is 11.8 Å². The van der Waals surface area contributed by atoms with Crippen LogP contribution >= 0.6 is 11.8 Å². The number of thioether (sulfide) groups is 1. The molecule has 0 heterocycles. The van der Waals surface area contributed by atoms with Crippen LogP contribution in [-0.2, 0) is 4.79 Å². The Hall–Kier alpha value is -1.49. The molecule has 0 saturated carbocycles. The summed E-state index contributed by atoms with van der Waals surface area (Å²) in [5.74, 6) is -1.41. The molecule has 0 aliphatic rings. The van der Waals surface area contributed by atoms with Gasteiger partial charge in [0, 0.05) is 4.90 Å². The molecule has 0 saturated heterocycles. The molecule has 1 amide bonds. The normalized spacial score (nSPS) is 11.9. The minimum Gasteiger partial charge on any atom is -0.480 e. The van der Waals surface area contributed by atoms with Crippen molar-refractivity contribution in [3.05, 3.63) is 29.8 Å². The van der Waals surface area contributed by atoms with E-state index in [9.17, 15) is 9.59 Å². The highest BCUT2D eigenvalue weighted by molar-refractivity contribution is 7.98. The Bertz CT molecular complexity index is 406. The summed E-state index contributed by atoms with van der Waals surface area (Å²) in [5, 5.41) is 11.1. The summed E-state index contributed by atoms with van der Waals surface area (Å²) in [5.41, 5.74) is 0.503. The SMILES string of the molecule is CSc1ccccc1C(=O)N[C@@H](C)C(=O)O. The van der Waals surface area contributed by atoms with E-state index in [2.05, 4.69) is 5.32 Å². The third kappa shape index (κ3) is 3.00. The topological polar surface area (TPSA) is 66.4 Å². The lowest BCUT2D eigenvalue weighted by Crippen LogP contribution is -2.38. The van der Waals surface area contributed by atoms with Crippen molar-refractivity contribution in [2.45, 2.75) is 17.9 Å². The monoisotopic (exact) mass is 239 g/mol. The second-order valence-electron chi connectivity index (χ2n) is 3.23. The molecule has 0 aliphatic heterocycles. The van der Waals surface area contributed by atoms with E-state index in [1.54, 1.807) is 12.1 Å². The van der Waals surface area contributed by atoms with Crippen molar-refractivity contribution >= 4 is 23.6 Å². The van der Waals surface area contributed by atoms with Gasteiger partial charge in [0.2, 0.25) is 0 Å². The minimum absolute atomic E-state index is 0.361. The first-order valence-electron chi connectivity index (χ1n) is 4.73. The van der Waals surface area contributed by atoms with E-state index in [1.807, 2.05) is 18.4 Å². The van der Waals surface area contributed by atoms with Gasteiger partial charge in [-0.25, -0.2) is 0 Å². The van der Waals surface area contributed by atoms with Crippen molar-refractivity contribution in [3.63, 3.8) is 0 Å². The molecule has 0 radical (unpaired) electrons. The van der Waals surface area contributed by atoms with Crippen molar-refractivity contribution in [3.8, 4) is 0 Å². The van der Waals surface area contributed by atoms with Crippen LogP contribution < -0.4 is 5.32 Å². The molecule has 0 fully saturated rings. The van der Waals surface area contributed by atoms with Crippen molar-refractivity contribution in [2.75, 3.05) is 6.26 Å².